The third kappa shape index (κ3) is 3.75. The molecule has 0 bridgehead atoms. The molecule has 31 heavy (non-hydrogen) atoms. The standard InChI is InChI=1S/C21H9F5INO3/c22-14-7-10(21(24,25)26)8-15(23)18(14)31-17-9-11(27)5-6-16(17)28-19(29)12-3-1-2-4-13(12)20(28)30/h1-9H. The fraction of sp³-hybridized carbons (Fsp3) is 0.0476. The molecule has 0 radical (unpaired) electrons. The summed E-state index contributed by atoms with van der Waals surface area (Å²) in [6.07, 6.45) is -4.95. The number of carbonyl (C=O) groups is 2. The molecule has 0 saturated heterocycles. The molecular weight excluding hydrogens is 536 g/mol. The number of anilines is 1. The summed E-state index contributed by atoms with van der Waals surface area (Å²) in [5.41, 5.74) is -1.34. The summed E-state index contributed by atoms with van der Waals surface area (Å²) in [7, 11) is 0. The van der Waals surface area contributed by atoms with Gasteiger partial charge in [-0.25, -0.2) is 13.7 Å². The summed E-state index contributed by atoms with van der Waals surface area (Å²) in [6, 6.07) is 10.5. The number of amides is 2. The number of ether oxygens (including phenoxy) is 1. The Bertz CT molecular complexity index is 1180. The van der Waals surface area contributed by atoms with Gasteiger partial charge in [0.25, 0.3) is 11.8 Å². The number of rotatable bonds is 3. The molecule has 1 aliphatic heterocycles. The van der Waals surface area contributed by atoms with Gasteiger partial charge in [0.2, 0.25) is 0 Å². The van der Waals surface area contributed by atoms with E-state index in [4.69, 9.17) is 4.74 Å². The van der Waals surface area contributed by atoms with Crippen LogP contribution in [0.1, 0.15) is 26.3 Å². The smallest absolute Gasteiger partial charge is 0.416 e. The van der Waals surface area contributed by atoms with Gasteiger partial charge in [0, 0.05) is 3.57 Å². The number of nitrogens with zero attached hydrogens (tertiary/aromatic N) is 1. The first-order valence-electron chi connectivity index (χ1n) is 8.59. The third-order valence-corrected chi connectivity index (χ3v) is 5.17. The van der Waals surface area contributed by atoms with Gasteiger partial charge < -0.3 is 4.74 Å². The molecule has 158 valence electrons. The van der Waals surface area contributed by atoms with Gasteiger partial charge in [-0.05, 0) is 65.1 Å². The van der Waals surface area contributed by atoms with Gasteiger partial charge in [-0.2, -0.15) is 13.2 Å². The van der Waals surface area contributed by atoms with Crippen LogP contribution in [0.2, 0.25) is 0 Å². The van der Waals surface area contributed by atoms with Crippen molar-refractivity contribution in [2.75, 3.05) is 4.90 Å². The van der Waals surface area contributed by atoms with Crippen molar-refractivity contribution in [3.8, 4) is 11.5 Å². The van der Waals surface area contributed by atoms with E-state index in [0.29, 0.717) is 3.57 Å². The molecular formula is C21H9F5INO3. The minimum atomic E-state index is -4.95. The maximum Gasteiger partial charge on any atom is 0.416 e. The van der Waals surface area contributed by atoms with Crippen molar-refractivity contribution in [2.45, 2.75) is 6.18 Å². The zero-order chi connectivity index (χ0) is 22.5. The predicted octanol–water partition coefficient (Wildman–Crippen LogP) is 6.18. The second-order valence-electron chi connectivity index (χ2n) is 6.47. The average molecular weight is 545 g/mol. The third-order valence-electron chi connectivity index (χ3n) is 4.49. The molecule has 0 aromatic heterocycles. The molecule has 0 unspecified atom stereocenters. The maximum atomic E-state index is 14.3. The fourth-order valence-electron chi connectivity index (χ4n) is 3.09. The van der Waals surface area contributed by atoms with E-state index < -0.39 is 40.9 Å². The summed E-state index contributed by atoms with van der Waals surface area (Å²) < 4.78 is 72.7. The maximum absolute atomic E-state index is 14.3. The van der Waals surface area contributed by atoms with Gasteiger partial charge in [-0.1, -0.05) is 12.1 Å². The summed E-state index contributed by atoms with van der Waals surface area (Å²) in [5.74, 6) is -5.87. The van der Waals surface area contributed by atoms with Crippen molar-refractivity contribution in [1.82, 2.24) is 0 Å². The number of alkyl halides is 3. The lowest BCUT2D eigenvalue weighted by molar-refractivity contribution is -0.138. The van der Waals surface area contributed by atoms with E-state index in [9.17, 15) is 31.5 Å². The van der Waals surface area contributed by atoms with E-state index in [1.165, 1.54) is 30.3 Å². The molecule has 1 heterocycles. The van der Waals surface area contributed by atoms with E-state index in [-0.39, 0.29) is 34.7 Å². The lowest BCUT2D eigenvalue weighted by Gasteiger charge is -2.19. The predicted molar refractivity (Wildman–Crippen MR) is 108 cm³/mol. The molecule has 0 saturated carbocycles. The van der Waals surface area contributed by atoms with Gasteiger partial charge in [0.1, 0.15) is 0 Å². The van der Waals surface area contributed by atoms with E-state index in [0.717, 1.165) is 4.90 Å². The zero-order valence-corrected chi connectivity index (χ0v) is 17.3. The number of fused-ring (bicyclic) bond motifs is 1. The van der Waals surface area contributed by atoms with Crippen LogP contribution in [0.3, 0.4) is 0 Å². The fourth-order valence-corrected chi connectivity index (χ4v) is 3.56. The number of hydrogen-bond donors (Lipinski definition) is 0. The highest BCUT2D eigenvalue weighted by molar-refractivity contribution is 14.1. The highest BCUT2D eigenvalue weighted by Crippen LogP contribution is 2.41. The topological polar surface area (TPSA) is 46.6 Å². The molecule has 3 aromatic rings. The van der Waals surface area contributed by atoms with E-state index in [2.05, 4.69) is 0 Å². The lowest BCUT2D eigenvalue weighted by Crippen LogP contribution is -2.29. The molecule has 4 nitrogen and oxygen atoms in total. The van der Waals surface area contributed by atoms with Crippen LogP contribution in [0.25, 0.3) is 0 Å². The van der Waals surface area contributed by atoms with Crippen LogP contribution in [0.4, 0.5) is 27.6 Å². The van der Waals surface area contributed by atoms with Crippen LogP contribution in [-0.2, 0) is 6.18 Å². The van der Waals surface area contributed by atoms with Crippen LogP contribution in [0, 0.1) is 15.2 Å². The van der Waals surface area contributed by atoms with Gasteiger partial charge >= 0.3 is 6.18 Å². The van der Waals surface area contributed by atoms with E-state index in [1.54, 1.807) is 12.1 Å². The number of carbonyl (C=O) groups excluding carboxylic acids is 2. The Morgan fingerprint density at radius 2 is 1.39 bits per heavy atom. The molecule has 0 aliphatic carbocycles. The number of benzene rings is 3. The van der Waals surface area contributed by atoms with Crippen molar-refractivity contribution < 1.29 is 36.3 Å². The first kappa shape index (κ1) is 21.2. The molecule has 0 spiro atoms. The molecule has 0 fully saturated rings. The Labute approximate surface area is 185 Å². The normalized spacial score (nSPS) is 13.5. The minimum absolute atomic E-state index is 0.105. The second kappa shape index (κ2) is 7.59. The molecule has 10 heteroatoms. The van der Waals surface area contributed by atoms with Crippen LogP contribution in [0.5, 0.6) is 11.5 Å². The number of imide groups is 1. The summed E-state index contributed by atoms with van der Waals surface area (Å²) in [4.78, 5) is 26.3. The van der Waals surface area contributed by atoms with E-state index in [1.807, 2.05) is 22.6 Å². The molecule has 4 rings (SSSR count). The Hall–Kier alpha value is -3.02. The Morgan fingerprint density at radius 1 is 0.839 bits per heavy atom. The van der Waals surface area contributed by atoms with E-state index >= 15 is 0 Å². The van der Waals surface area contributed by atoms with Crippen molar-refractivity contribution in [1.29, 1.82) is 0 Å². The highest BCUT2D eigenvalue weighted by atomic mass is 127. The molecule has 2 amide bonds. The molecule has 0 N–H and O–H groups in total. The monoisotopic (exact) mass is 545 g/mol. The van der Waals surface area contributed by atoms with Crippen molar-refractivity contribution in [3.05, 3.63) is 86.5 Å². The molecule has 1 aliphatic rings. The first-order valence-corrected chi connectivity index (χ1v) is 9.67. The second-order valence-corrected chi connectivity index (χ2v) is 7.72. The number of halogens is 6. The van der Waals surface area contributed by atoms with Crippen LogP contribution < -0.4 is 9.64 Å². The Balaban J connectivity index is 1.78. The minimum Gasteiger partial charge on any atom is -0.449 e. The lowest BCUT2D eigenvalue weighted by atomic mass is 10.1. The first-order chi connectivity index (χ1) is 14.6. The zero-order valence-electron chi connectivity index (χ0n) is 15.1. The Morgan fingerprint density at radius 3 is 1.90 bits per heavy atom. The highest BCUT2D eigenvalue weighted by Gasteiger charge is 2.38. The number of hydrogen-bond acceptors (Lipinski definition) is 3. The summed E-state index contributed by atoms with van der Waals surface area (Å²) in [5, 5.41) is 0. The van der Waals surface area contributed by atoms with Gasteiger partial charge in [-0.3, -0.25) is 9.59 Å². The van der Waals surface area contributed by atoms with Gasteiger partial charge in [0.05, 0.1) is 22.4 Å². The van der Waals surface area contributed by atoms with Gasteiger partial charge in [0.15, 0.2) is 23.1 Å². The molecule has 3 aromatic carbocycles. The average Bonchev–Trinajstić information content (AvgIpc) is 2.95. The molecule has 0 atom stereocenters. The largest absolute Gasteiger partial charge is 0.449 e. The van der Waals surface area contributed by atoms with Crippen molar-refractivity contribution in [3.63, 3.8) is 0 Å². The Kier molecular flexibility index (Phi) is 5.20. The summed E-state index contributed by atoms with van der Waals surface area (Å²) in [6.45, 7) is 0. The van der Waals surface area contributed by atoms with Crippen molar-refractivity contribution >= 4 is 40.1 Å². The van der Waals surface area contributed by atoms with Crippen molar-refractivity contribution in [2.24, 2.45) is 0 Å². The van der Waals surface area contributed by atoms with Gasteiger partial charge in [-0.15, -0.1) is 0 Å². The summed E-state index contributed by atoms with van der Waals surface area (Å²) >= 11 is 1.87. The van der Waals surface area contributed by atoms with Crippen LogP contribution in [0.15, 0.2) is 54.6 Å². The SMILES string of the molecule is O=C1c2ccccc2C(=O)N1c1ccc(I)cc1Oc1c(F)cc(C(F)(F)F)cc1F. The quantitative estimate of drug-likeness (QED) is 0.225. The van der Waals surface area contributed by atoms with Crippen LogP contribution >= 0.6 is 22.6 Å². The van der Waals surface area contributed by atoms with Crippen LogP contribution in [-0.4, -0.2) is 11.8 Å².